The monoisotopic (exact) mass is 294 g/mol. The van der Waals surface area contributed by atoms with E-state index in [9.17, 15) is 9.59 Å². The Morgan fingerprint density at radius 1 is 1.38 bits per heavy atom. The van der Waals surface area contributed by atoms with E-state index in [1.165, 1.54) is 17.4 Å². The highest BCUT2D eigenvalue weighted by molar-refractivity contribution is 5.60. The maximum Gasteiger partial charge on any atom is 0.330 e. The van der Waals surface area contributed by atoms with Crippen LogP contribution in [0, 0.1) is 11.8 Å². The van der Waals surface area contributed by atoms with Gasteiger partial charge in [0, 0.05) is 12.6 Å². The van der Waals surface area contributed by atoms with E-state index in [2.05, 4.69) is 17.2 Å². The number of hydrogen-bond acceptors (Lipinski definition) is 4. The van der Waals surface area contributed by atoms with E-state index in [0.29, 0.717) is 12.2 Å². The first-order valence-electron chi connectivity index (χ1n) is 7.81. The quantitative estimate of drug-likeness (QED) is 0.714. The predicted octanol–water partition coefficient (Wildman–Crippen LogP) is 1.77. The molecule has 4 N–H and O–H groups in total. The summed E-state index contributed by atoms with van der Waals surface area (Å²) in [6, 6.07) is 0.228. The van der Waals surface area contributed by atoms with Gasteiger partial charge in [0.05, 0.1) is 0 Å². The van der Waals surface area contributed by atoms with Crippen molar-refractivity contribution in [1.29, 1.82) is 0 Å². The predicted molar refractivity (Wildman–Crippen MR) is 85.6 cm³/mol. The summed E-state index contributed by atoms with van der Waals surface area (Å²) in [6.45, 7) is 6.60. The molecule has 21 heavy (non-hydrogen) atoms. The van der Waals surface area contributed by atoms with Gasteiger partial charge in [-0.25, -0.2) is 4.79 Å². The number of aromatic amines is 1. The van der Waals surface area contributed by atoms with Gasteiger partial charge in [-0.1, -0.05) is 33.6 Å². The number of anilines is 2. The van der Waals surface area contributed by atoms with Crippen molar-refractivity contribution in [1.82, 2.24) is 9.55 Å². The van der Waals surface area contributed by atoms with Gasteiger partial charge in [0.2, 0.25) is 0 Å². The van der Waals surface area contributed by atoms with Gasteiger partial charge in [0.25, 0.3) is 5.56 Å². The Morgan fingerprint density at radius 3 is 2.57 bits per heavy atom. The van der Waals surface area contributed by atoms with Crippen LogP contribution in [0.15, 0.2) is 9.59 Å². The van der Waals surface area contributed by atoms with Crippen LogP contribution >= 0.6 is 0 Å². The zero-order valence-corrected chi connectivity index (χ0v) is 13.1. The first-order valence-corrected chi connectivity index (χ1v) is 7.81. The second-order valence-corrected chi connectivity index (χ2v) is 6.45. The van der Waals surface area contributed by atoms with Crippen molar-refractivity contribution in [3.8, 4) is 0 Å². The van der Waals surface area contributed by atoms with Crippen molar-refractivity contribution >= 4 is 11.5 Å². The molecule has 1 aliphatic rings. The van der Waals surface area contributed by atoms with Gasteiger partial charge < -0.3 is 11.1 Å². The maximum absolute atomic E-state index is 12.0. The molecule has 6 nitrogen and oxygen atoms in total. The Kier molecular flexibility index (Phi) is 4.75. The number of nitrogens with two attached hydrogens (primary N) is 1. The fourth-order valence-electron chi connectivity index (χ4n) is 2.56. The molecule has 0 spiro atoms. The third-order valence-corrected chi connectivity index (χ3v) is 3.94. The summed E-state index contributed by atoms with van der Waals surface area (Å²) in [5.74, 6) is 1.29. The number of nitrogens with zero attached hydrogens (tertiary/aromatic N) is 1. The SMILES string of the molecule is CCC(CC1CC1)Nc1c(N)n(CC(C)C)c(=O)[nH]c1=O. The fraction of sp³-hybridized carbons (Fsp3) is 0.733. The van der Waals surface area contributed by atoms with Crippen molar-refractivity contribution in [3.05, 3.63) is 20.8 Å². The number of nitrogen functional groups attached to an aromatic ring is 1. The molecule has 1 aliphatic carbocycles. The lowest BCUT2D eigenvalue weighted by Crippen LogP contribution is -2.36. The van der Waals surface area contributed by atoms with Gasteiger partial charge in [-0.2, -0.15) is 0 Å². The molecule has 0 amide bonds. The number of hydrogen-bond donors (Lipinski definition) is 3. The lowest BCUT2D eigenvalue weighted by Gasteiger charge is -2.20. The van der Waals surface area contributed by atoms with Crippen LogP contribution in [0.1, 0.15) is 46.5 Å². The normalized spacial score (nSPS) is 16.2. The Morgan fingerprint density at radius 2 is 2.05 bits per heavy atom. The zero-order chi connectivity index (χ0) is 15.6. The Bertz CT molecular complexity index is 599. The van der Waals surface area contributed by atoms with Gasteiger partial charge >= 0.3 is 5.69 Å². The van der Waals surface area contributed by atoms with E-state index in [1.807, 2.05) is 13.8 Å². The molecule has 0 aliphatic heterocycles. The molecule has 1 unspecified atom stereocenters. The topological polar surface area (TPSA) is 92.9 Å². The average molecular weight is 294 g/mol. The molecule has 118 valence electrons. The van der Waals surface area contributed by atoms with Gasteiger partial charge in [-0.05, 0) is 24.7 Å². The molecule has 0 bridgehead atoms. The summed E-state index contributed by atoms with van der Waals surface area (Å²) in [6.07, 6.45) is 4.53. The van der Waals surface area contributed by atoms with Gasteiger partial charge in [-0.15, -0.1) is 0 Å². The van der Waals surface area contributed by atoms with E-state index in [1.54, 1.807) is 0 Å². The van der Waals surface area contributed by atoms with Crippen molar-refractivity contribution in [3.63, 3.8) is 0 Å². The number of H-pyrrole nitrogens is 1. The number of aromatic nitrogens is 2. The number of nitrogens with one attached hydrogen (secondary N) is 2. The van der Waals surface area contributed by atoms with Crippen LogP contribution in [0.5, 0.6) is 0 Å². The molecule has 1 aromatic heterocycles. The molecule has 2 rings (SSSR count). The van der Waals surface area contributed by atoms with Crippen molar-refractivity contribution in [2.45, 2.75) is 59.0 Å². The van der Waals surface area contributed by atoms with Gasteiger partial charge in [-0.3, -0.25) is 14.3 Å². The molecular formula is C15H26N4O2. The minimum atomic E-state index is -0.438. The summed E-state index contributed by atoms with van der Waals surface area (Å²) in [5.41, 5.74) is 5.54. The first kappa shape index (κ1) is 15.7. The molecule has 1 heterocycles. The third kappa shape index (κ3) is 3.89. The minimum Gasteiger partial charge on any atom is -0.383 e. The number of rotatable bonds is 7. The van der Waals surface area contributed by atoms with Gasteiger partial charge in [0.15, 0.2) is 0 Å². The minimum absolute atomic E-state index is 0.228. The lowest BCUT2D eigenvalue weighted by atomic mass is 10.1. The summed E-state index contributed by atoms with van der Waals surface area (Å²) < 4.78 is 1.44. The van der Waals surface area contributed by atoms with Crippen LogP contribution in [0.4, 0.5) is 11.5 Å². The summed E-state index contributed by atoms with van der Waals surface area (Å²) >= 11 is 0. The highest BCUT2D eigenvalue weighted by Gasteiger charge is 2.25. The highest BCUT2D eigenvalue weighted by atomic mass is 16.2. The van der Waals surface area contributed by atoms with E-state index in [4.69, 9.17) is 5.73 Å². The Balaban J connectivity index is 2.28. The van der Waals surface area contributed by atoms with Crippen molar-refractivity contribution in [2.24, 2.45) is 11.8 Å². The smallest absolute Gasteiger partial charge is 0.330 e. The van der Waals surface area contributed by atoms with Crippen LogP contribution < -0.4 is 22.3 Å². The Labute approximate surface area is 124 Å². The molecule has 1 aromatic rings. The molecule has 1 atom stereocenters. The summed E-state index contributed by atoms with van der Waals surface area (Å²) in [5, 5.41) is 3.25. The van der Waals surface area contributed by atoms with Crippen LogP contribution in [0.25, 0.3) is 0 Å². The molecule has 0 radical (unpaired) electrons. The summed E-state index contributed by atoms with van der Waals surface area (Å²) in [4.78, 5) is 26.3. The van der Waals surface area contributed by atoms with E-state index < -0.39 is 11.2 Å². The van der Waals surface area contributed by atoms with Crippen LogP contribution in [-0.2, 0) is 6.54 Å². The third-order valence-electron chi connectivity index (χ3n) is 3.94. The standard InChI is InChI=1S/C15H26N4O2/c1-4-11(7-10-5-6-10)17-12-13(16)19(8-9(2)3)15(21)18-14(12)20/h9-11,17H,4-8,16H2,1-3H3,(H,18,20,21). The molecule has 0 aromatic carbocycles. The van der Waals surface area contributed by atoms with Crippen molar-refractivity contribution < 1.29 is 0 Å². The first-order chi connectivity index (χ1) is 9.92. The zero-order valence-electron chi connectivity index (χ0n) is 13.1. The maximum atomic E-state index is 12.0. The Hall–Kier alpha value is -1.72. The second kappa shape index (κ2) is 6.37. The molecule has 0 saturated heterocycles. The summed E-state index contributed by atoms with van der Waals surface area (Å²) in [7, 11) is 0. The highest BCUT2D eigenvalue weighted by Crippen LogP contribution is 2.34. The van der Waals surface area contributed by atoms with Crippen LogP contribution in [0.3, 0.4) is 0 Å². The van der Waals surface area contributed by atoms with Crippen molar-refractivity contribution in [2.75, 3.05) is 11.1 Å². The molecule has 6 heteroatoms. The largest absolute Gasteiger partial charge is 0.383 e. The average Bonchev–Trinajstić information content (AvgIpc) is 3.21. The lowest BCUT2D eigenvalue weighted by molar-refractivity contribution is 0.507. The fourth-order valence-corrected chi connectivity index (χ4v) is 2.56. The van der Waals surface area contributed by atoms with E-state index in [-0.39, 0.29) is 17.8 Å². The second-order valence-electron chi connectivity index (χ2n) is 6.45. The molecular weight excluding hydrogens is 268 g/mol. The van der Waals surface area contributed by atoms with Crippen LogP contribution in [-0.4, -0.2) is 15.6 Å². The van der Waals surface area contributed by atoms with E-state index in [0.717, 1.165) is 18.8 Å². The molecule has 1 saturated carbocycles. The van der Waals surface area contributed by atoms with E-state index >= 15 is 0 Å². The van der Waals surface area contributed by atoms with Gasteiger partial charge in [0.1, 0.15) is 11.5 Å². The molecule has 1 fully saturated rings. The van der Waals surface area contributed by atoms with Crippen LogP contribution in [0.2, 0.25) is 0 Å².